The van der Waals surface area contributed by atoms with Crippen LogP contribution in [-0.4, -0.2) is 104 Å². The van der Waals surface area contributed by atoms with Crippen LogP contribution in [0.25, 0.3) is 33.3 Å². The molecule has 2 saturated heterocycles. The van der Waals surface area contributed by atoms with Crippen LogP contribution in [0.3, 0.4) is 0 Å². The van der Waals surface area contributed by atoms with E-state index < -0.39 is 29.7 Å². The number of imide groups is 2. The Balaban J connectivity index is 0.838. The van der Waals surface area contributed by atoms with Crippen molar-refractivity contribution in [2.45, 2.75) is 64.1 Å². The van der Waals surface area contributed by atoms with E-state index in [-0.39, 0.29) is 41.5 Å². The van der Waals surface area contributed by atoms with Crippen LogP contribution in [-0.2, 0) is 32.2 Å². The molecule has 3 N–H and O–H groups in total. The number of carbonyl (C=O) groups excluding carboxylic acids is 6. The molecule has 16 nitrogen and oxygen atoms in total. The summed E-state index contributed by atoms with van der Waals surface area (Å²) >= 11 is 0. The lowest BCUT2D eigenvalue weighted by atomic mass is 9.99. The fraction of sp³-hybridized carbons (Fsp3) is 0.341. The summed E-state index contributed by atoms with van der Waals surface area (Å²) < 4.78 is 7.96. The summed E-state index contributed by atoms with van der Waals surface area (Å²) in [5, 5.41) is 10.2. The molecule has 1 unspecified atom stereocenters. The van der Waals surface area contributed by atoms with Crippen LogP contribution in [0, 0.1) is 0 Å². The molecule has 5 aromatic rings. The summed E-state index contributed by atoms with van der Waals surface area (Å²) in [6, 6.07) is 15.4. The Kier molecular flexibility index (Phi) is 10.4. The number of ether oxygens (including phenoxy) is 1. The van der Waals surface area contributed by atoms with Crippen molar-refractivity contribution in [3.8, 4) is 22.5 Å². The predicted octanol–water partition coefficient (Wildman–Crippen LogP) is 4.05. The zero-order valence-corrected chi connectivity index (χ0v) is 33.0. The third-order valence-corrected chi connectivity index (χ3v) is 11.8. The highest BCUT2D eigenvalue weighted by Gasteiger charge is 2.45. The normalized spacial score (nSPS) is 18.1. The van der Waals surface area contributed by atoms with Crippen molar-refractivity contribution in [3.63, 3.8) is 0 Å². The summed E-state index contributed by atoms with van der Waals surface area (Å²) in [5.41, 5.74) is 5.41. The van der Waals surface area contributed by atoms with Gasteiger partial charge in [-0.15, -0.1) is 0 Å². The second-order valence-electron chi connectivity index (χ2n) is 15.5. The zero-order valence-electron chi connectivity index (χ0n) is 33.0. The van der Waals surface area contributed by atoms with E-state index in [9.17, 15) is 28.8 Å². The number of imidazole rings is 1. The van der Waals surface area contributed by atoms with Crippen molar-refractivity contribution >= 4 is 51.9 Å². The van der Waals surface area contributed by atoms with E-state index >= 15 is 0 Å². The van der Waals surface area contributed by atoms with Crippen LogP contribution in [0.15, 0.2) is 67.0 Å². The zero-order chi connectivity index (χ0) is 41.5. The van der Waals surface area contributed by atoms with Gasteiger partial charge in [0.1, 0.15) is 17.6 Å². The molecule has 0 radical (unpaired) electrons. The quantitative estimate of drug-likeness (QED) is 0.136. The van der Waals surface area contributed by atoms with E-state index in [1.54, 1.807) is 37.4 Å². The largest absolute Gasteiger partial charge is 0.384 e. The average Bonchev–Trinajstić information content (AvgIpc) is 3.77. The van der Waals surface area contributed by atoms with Gasteiger partial charge in [-0.25, -0.2) is 4.98 Å². The van der Waals surface area contributed by atoms with Gasteiger partial charge >= 0.3 is 0 Å². The fourth-order valence-electron chi connectivity index (χ4n) is 8.63. The molecular weight excluding hydrogens is 767 g/mol. The number of hydrogen-bond acceptors (Lipinski definition) is 11. The van der Waals surface area contributed by atoms with Gasteiger partial charge in [-0.1, -0.05) is 24.3 Å². The smallest absolute Gasteiger partial charge is 0.269 e. The molecule has 0 bridgehead atoms. The number of amides is 6. The van der Waals surface area contributed by atoms with E-state index in [0.29, 0.717) is 69.7 Å². The average molecular weight is 810 g/mol. The van der Waals surface area contributed by atoms with Crippen LogP contribution in [0.2, 0.25) is 0 Å². The molecule has 3 aromatic heterocycles. The lowest BCUT2D eigenvalue weighted by Gasteiger charge is -2.30. The Morgan fingerprint density at radius 2 is 1.72 bits per heavy atom. The SMILES string of the molecule is CC(=O)N1CCn2c(C3CCOCC3)nc(-c3cccc4cc(-c5ccc(C(=O)NCCCNc6cccc7c6C(=O)N(C6CCC(=O)NC6=O)C7=O)nc5)ncc34)c2C1. The van der Waals surface area contributed by atoms with Gasteiger partial charge < -0.3 is 24.8 Å². The van der Waals surface area contributed by atoms with E-state index in [4.69, 9.17) is 14.7 Å². The first-order chi connectivity index (χ1) is 29.2. The molecule has 16 heteroatoms. The number of rotatable bonds is 10. The first kappa shape index (κ1) is 38.7. The van der Waals surface area contributed by atoms with E-state index in [0.717, 1.165) is 56.9 Å². The highest BCUT2D eigenvalue weighted by Crippen LogP contribution is 2.38. The number of piperidine rings is 1. The maximum absolute atomic E-state index is 13.4. The number of nitrogens with zero attached hydrogens (tertiary/aromatic N) is 6. The van der Waals surface area contributed by atoms with Crippen LogP contribution in [0.4, 0.5) is 5.69 Å². The number of fused-ring (bicyclic) bond motifs is 3. The number of pyridine rings is 2. The number of hydrogen-bond donors (Lipinski definition) is 3. The minimum Gasteiger partial charge on any atom is -0.384 e. The van der Waals surface area contributed by atoms with Crippen molar-refractivity contribution in [1.82, 2.24) is 40.0 Å². The van der Waals surface area contributed by atoms with E-state index in [1.165, 1.54) is 0 Å². The molecule has 9 rings (SSSR count). The third-order valence-electron chi connectivity index (χ3n) is 11.8. The van der Waals surface area contributed by atoms with E-state index in [2.05, 4.69) is 31.6 Å². The third kappa shape index (κ3) is 7.16. The second-order valence-corrected chi connectivity index (χ2v) is 15.5. The monoisotopic (exact) mass is 809 g/mol. The topological polar surface area (TPSA) is 198 Å². The van der Waals surface area contributed by atoms with Crippen molar-refractivity contribution < 1.29 is 33.5 Å². The molecule has 4 aliphatic heterocycles. The molecule has 4 aliphatic rings. The Hall–Kier alpha value is -6.81. The molecule has 1 atom stereocenters. The van der Waals surface area contributed by atoms with Gasteiger partial charge in [-0.2, -0.15) is 0 Å². The van der Waals surface area contributed by atoms with Crippen LogP contribution in [0.1, 0.15) is 87.7 Å². The maximum atomic E-state index is 13.4. The van der Waals surface area contributed by atoms with Gasteiger partial charge in [-0.3, -0.25) is 49.0 Å². The molecule has 0 saturated carbocycles. The van der Waals surface area contributed by atoms with Crippen molar-refractivity contribution in [2.24, 2.45) is 0 Å². The lowest BCUT2D eigenvalue weighted by molar-refractivity contribution is -0.136. The highest BCUT2D eigenvalue weighted by molar-refractivity contribution is 6.25. The van der Waals surface area contributed by atoms with Gasteiger partial charge in [0.25, 0.3) is 17.7 Å². The lowest BCUT2D eigenvalue weighted by Crippen LogP contribution is -2.54. The number of benzene rings is 2. The molecule has 7 heterocycles. The molecule has 0 spiro atoms. The fourth-order valence-corrected chi connectivity index (χ4v) is 8.63. The molecule has 60 heavy (non-hydrogen) atoms. The van der Waals surface area contributed by atoms with Crippen molar-refractivity contribution in [1.29, 1.82) is 0 Å². The number of anilines is 1. The number of carbonyl (C=O) groups is 6. The second kappa shape index (κ2) is 16.1. The van der Waals surface area contributed by atoms with Gasteiger partial charge in [0, 0.05) is 93.2 Å². The molecule has 2 aromatic carbocycles. The summed E-state index contributed by atoms with van der Waals surface area (Å²) in [5.74, 6) is -1.19. The Labute approximate surface area is 344 Å². The predicted molar refractivity (Wildman–Crippen MR) is 219 cm³/mol. The molecule has 6 amide bonds. The van der Waals surface area contributed by atoms with Crippen molar-refractivity contribution in [3.05, 3.63) is 95.3 Å². The van der Waals surface area contributed by atoms with Gasteiger partial charge in [-0.05, 0) is 61.4 Å². The Morgan fingerprint density at radius 1 is 0.900 bits per heavy atom. The molecule has 2 fully saturated rings. The Bertz CT molecular complexity index is 2580. The molecule has 0 aliphatic carbocycles. The van der Waals surface area contributed by atoms with Gasteiger partial charge in [0.05, 0.1) is 34.8 Å². The maximum Gasteiger partial charge on any atom is 0.269 e. The minimum absolute atomic E-state index is 0.0432. The highest BCUT2D eigenvalue weighted by atomic mass is 16.5. The van der Waals surface area contributed by atoms with Crippen molar-refractivity contribution in [2.75, 3.05) is 38.2 Å². The van der Waals surface area contributed by atoms with E-state index in [1.807, 2.05) is 35.4 Å². The van der Waals surface area contributed by atoms with Crippen LogP contribution < -0.4 is 16.0 Å². The standard InChI is InChI=1S/C44H43N9O7/c1-25(54)51-17-18-52-36(24-51)39(50-40(52)26-13-19-60-20-14-26)29-6-2-5-27-21-34(48-23-31(27)29)28-9-10-33(47-22-28)41(56)46-16-4-15-45-32-8-3-7-30-38(32)44(59)53(43(30)58)35-11-12-37(55)49-42(35)57/h2-3,5-10,21-23,26,35,45H,4,11-20,24H2,1H3,(H,46,56)(H,49,55,57). The first-order valence-electron chi connectivity index (χ1n) is 20.3. The minimum atomic E-state index is -1.05. The number of nitrogens with one attached hydrogen (secondary N) is 3. The molecule has 306 valence electrons. The van der Waals surface area contributed by atoms with Crippen LogP contribution >= 0.6 is 0 Å². The van der Waals surface area contributed by atoms with Gasteiger partial charge in [0.15, 0.2) is 0 Å². The summed E-state index contributed by atoms with van der Waals surface area (Å²) in [7, 11) is 0. The number of aromatic nitrogens is 4. The van der Waals surface area contributed by atoms with Gasteiger partial charge in [0.2, 0.25) is 17.7 Å². The summed E-state index contributed by atoms with van der Waals surface area (Å²) in [4.78, 5) is 93.3. The summed E-state index contributed by atoms with van der Waals surface area (Å²) in [6.45, 7) is 5.60. The molecular formula is C44H43N9O7. The first-order valence-corrected chi connectivity index (χ1v) is 20.3. The van der Waals surface area contributed by atoms with Crippen LogP contribution in [0.5, 0.6) is 0 Å². The summed E-state index contributed by atoms with van der Waals surface area (Å²) in [6.07, 6.45) is 5.94. The Morgan fingerprint density at radius 3 is 2.50 bits per heavy atom.